The molecule has 0 saturated heterocycles. The Morgan fingerprint density at radius 1 is 1.22 bits per heavy atom. The molecule has 1 aromatic rings. The van der Waals surface area contributed by atoms with Crippen molar-refractivity contribution in [2.75, 3.05) is 7.11 Å². The van der Waals surface area contributed by atoms with Crippen molar-refractivity contribution in [1.82, 2.24) is 0 Å². The van der Waals surface area contributed by atoms with Crippen molar-refractivity contribution in [1.29, 1.82) is 0 Å². The Labute approximate surface area is 109 Å². The second kappa shape index (κ2) is 5.89. The molecule has 0 bridgehead atoms. The molecule has 0 saturated carbocycles. The normalized spacial score (nSPS) is 12.9. The van der Waals surface area contributed by atoms with E-state index in [1.54, 1.807) is 7.11 Å². The lowest BCUT2D eigenvalue weighted by Gasteiger charge is -2.26. The van der Waals surface area contributed by atoms with E-state index >= 15 is 0 Å². The van der Waals surface area contributed by atoms with Gasteiger partial charge in [0.15, 0.2) is 0 Å². The molecule has 3 heteroatoms. The molecule has 1 atom stereocenters. The van der Waals surface area contributed by atoms with Crippen LogP contribution in [0.25, 0.3) is 0 Å². The molecule has 0 fully saturated rings. The molecule has 0 aliphatic heterocycles. The van der Waals surface area contributed by atoms with Gasteiger partial charge in [0.1, 0.15) is 11.9 Å². The van der Waals surface area contributed by atoms with Gasteiger partial charge in [-0.3, -0.25) is 4.79 Å². The lowest BCUT2D eigenvalue weighted by molar-refractivity contribution is -0.152. The number of hydrogen-bond donors (Lipinski definition) is 0. The lowest BCUT2D eigenvalue weighted by atomic mass is 9.90. The van der Waals surface area contributed by atoms with Crippen LogP contribution in [0.5, 0.6) is 5.75 Å². The van der Waals surface area contributed by atoms with Crippen LogP contribution in [0.3, 0.4) is 0 Å². The maximum atomic E-state index is 11.8. The Balaban J connectivity index is 2.54. The number of esters is 1. The smallest absolute Gasteiger partial charge is 0.310 e. The molecule has 0 radical (unpaired) electrons. The van der Waals surface area contributed by atoms with Crippen LogP contribution in [0.1, 0.15) is 33.3 Å². The zero-order valence-corrected chi connectivity index (χ0v) is 11.8. The first kappa shape index (κ1) is 14.6. The summed E-state index contributed by atoms with van der Waals surface area (Å²) in [5.74, 6) is 0.595. The predicted molar refractivity (Wildman–Crippen MR) is 71.7 cm³/mol. The summed E-state index contributed by atoms with van der Waals surface area (Å²) < 4.78 is 10.5. The fourth-order valence-electron chi connectivity index (χ4n) is 1.33. The number of methoxy groups -OCH3 is 1. The fourth-order valence-corrected chi connectivity index (χ4v) is 1.33. The number of carbonyl (C=O) groups excluding carboxylic acids is 1. The minimum Gasteiger partial charge on any atom is -0.497 e. The third-order valence-corrected chi connectivity index (χ3v) is 3.04. The first-order valence-electron chi connectivity index (χ1n) is 6.15. The summed E-state index contributed by atoms with van der Waals surface area (Å²) in [5, 5.41) is 0. The van der Waals surface area contributed by atoms with Gasteiger partial charge < -0.3 is 9.47 Å². The summed E-state index contributed by atoms with van der Waals surface area (Å²) in [7, 11) is 1.62. The molecule has 1 rings (SSSR count). The number of hydrogen-bond acceptors (Lipinski definition) is 3. The fraction of sp³-hybridized carbons (Fsp3) is 0.533. The molecule has 100 valence electrons. The summed E-state index contributed by atoms with van der Waals surface area (Å²) in [4.78, 5) is 11.8. The van der Waals surface area contributed by atoms with E-state index in [0.29, 0.717) is 6.42 Å². The zero-order valence-electron chi connectivity index (χ0n) is 11.8. The minimum atomic E-state index is -0.192. The molecule has 18 heavy (non-hydrogen) atoms. The van der Waals surface area contributed by atoms with Crippen LogP contribution in [0.4, 0.5) is 0 Å². The van der Waals surface area contributed by atoms with Crippen molar-refractivity contribution >= 4 is 5.97 Å². The van der Waals surface area contributed by atoms with Gasteiger partial charge in [-0.15, -0.1) is 0 Å². The third kappa shape index (κ3) is 4.40. The molecule has 0 amide bonds. The largest absolute Gasteiger partial charge is 0.497 e. The van der Waals surface area contributed by atoms with Crippen molar-refractivity contribution in [3.63, 3.8) is 0 Å². The van der Waals surface area contributed by atoms with Crippen LogP contribution in [0.2, 0.25) is 0 Å². The molecule has 0 heterocycles. The van der Waals surface area contributed by atoms with E-state index in [4.69, 9.17) is 9.47 Å². The van der Waals surface area contributed by atoms with Crippen LogP contribution in [-0.2, 0) is 16.0 Å². The van der Waals surface area contributed by atoms with Gasteiger partial charge in [-0.1, -0.05) is 32.9 Å². The number of carbonyl (C=O) groups is 1. The van der Waals surface area contributed by atoms with Crippen molar-refractivity contribution in [2.45, 2.75) is 40.2 Å². The summed E-state index contributed by atoms with van der Waals surface area (Å²) in [6, 6.07) is 7.44. The van der Waals surface area contributed by atoms with E-state index in [1.165, 1.54) is 0 Å². The average molecular weight is 250 g/mol. The number of benzene rings is 1. The summed E-state index contributed by atoms with van der Waals surface area (Å²) >= 11 is 0. The highest BCUT2D eigenvalue weighted by Crippen LogP contribution is 2.22. The molecule has 0 aliphatic carbocycles. The maximum Gasteiger partial charge on any atom is 0.310 e. The van der Waals surface area contributed by atoms with E-state index in [9.17, 15) is 4.79 Å². The summed E-state index contributed by atoms with van der Waals surface area (Å²) in [6.45, 7) is 8.08. The molecule has 0 N–H and O–H groups in total. The van der Waals surface area contributed by atoms with Gasteiger partial charge in [0.2, 0.25) is 0 Å². The summed E-state index contributed by atoms with van der Waals surface area (Å²) in [5.41, 5.74) is 0.900. The van der Waals surface area contributed by atoms with Crippen molar-refractivity contribution < 1.29 is 14.3 Å². The highest BCUT2D eigenvalue weighted by Gasteiger charge is 2.23. The standard InChI is InChI=1S/C15H22O3/c1-11(15(2,3)4)18-14(16)10-12-6-8-13(17-5)9-7-12/h6-9,11H,10H2,1-5H3/t11-/m1/s1. The van der Waals surface area contributed by atoms with Crippen LogP contribution >= 0.6 is 0 Å². The molecular weight excluding hydrogens is 228 g/mol. The monoisotopic (exact) mass is 250 g/mol. The SMILES string of the molecule is COc1ccc(CC(=O)O[C@H](C)C(C)(C)C)cc1. The van der Waals surface area contributed by atoms with Crippen LogP contribution in [0.15, 0.2) is 24.3 Å². The second-order valence-electron chi connectivity index (χ2n) is 5.52. The number of rotatable bonds is 4. The Bertz CT molecular complexity index is 387. The first-order chi connectivity index (χ1) is 8.32. The van der Waals surface area contributed by atoms with Crippen molar-refractivity contribution in [3.8, 4) is 5.75 Å². The van der Waals surface area contributed by atoms with Gasteiger partial charge in [0.05, 0.1) is 13.5 Å². The molecule has 0 unspecified atom stereocenters. The molecule has 0 spiro atoms. The van der Waals surface area contributed by atoms with Crippen molar-refractivity contribution in [3.05, 3.63) is 29.8 Å². The molecule has 3 nitrogen and oxygen atoms in total. The summed E-state index contributed by atoms with van der Waals surface area (Å²) in [6.07, 6.45) is 0.202. The Hall–Kier alpha value is -1.51. The van der Waals surface area contributed by atoms with E-state index in [2.05, 4.69) is 20.8 Å². The Morgan fingerprint density at radius 3 is 2.22 bits per heavy atom. The van der Waals surface area contributed by atoms with Gasteiger partial charge in [-0.25, -0.2) is 0 Å². The Kier molecular flexibility index (Phi) is 4.76. The molecule has 0 aliphatic rings. The minimum absolute atomic E-state index is 0.0322. The number of ether oxygens (including phenoxy) is 2. The van der Waals surface area contributed by atoms with Gasteiger partial charge in [0.25, 0.3) is 0 Å². The van der Waals surface area contributed by atoms with Gasteiger partial charge in [-0.05, 0) is 30.0 Å². The predicted octanol–water partition coefficient (Wildman–Crippen LogP) is 3.22. The third-order valence-electron chi connectivity index (χ3n) is 3.04. The van der Waals surface area contributed by atoms with Crippen LogP contribution in [0, 0.1) is 5.41 Å². The quantitative estimate of drug-likeness (QED) is 0.770. The van der Waals surface area contributed by atoms with Crippen molar-refractivity contribution in [2.24, 2.45) is 5.41 Å². The average Bonchev–Trinajstić information content (AvgIpc) is 2.28. The molecule has 0 aromatic heterocycles. The highest BCUT2D eigenvalue weighted by atomic mass is 16.5. The maximum absolute atomic E-state index is 11.8. The van der Waals surface area contributed by atoms with Crippen LogP contribution in [-0.4, -0.2) is 19.2 Å². The van der Waals surface area contributed by atoms with E-state index < -0.39 is 0 Å². The van der Waals surface area contributed by atoms with E-state index in [1.807, 2.05) is 31.2 Å². The van der Waals surface area contributed by atoms with Gasteiger partial charge in [-0.2, -0.15) is 0 Å². The first-order valence-corrected chi connectivity index (χ1v) is 6.15. The topological polar surface area (TPSA) is 35.5 Å². The molecule has 1 aromatic carbocycles. The Morgan fingerprint density at radius 2 is 1.78 bits per heavy atom. The lowest BCUT2D eigenvalue weighted by Crippen LogP contribution is -2.29. The van der Waals surface area contributed by atoms with Crippen LogP contribution < -0.4 is 4.74 Å². The van der Waals surface area contributed by atoms with Gasteiger partial charge >= 0.3 is 5.97 Å². The molecular formula is C15H22O3. The van der Waals surface area contributed by atoms with E-state index in [-0.39, 0.29) is 17.5 Å². The second-order valence-corrected chi connectivity index (χ2v) is 5.52. The van der Waals surface area contributed by atoms with Gasteiger partial charge in [0, 0.05) is 0 Å². The highest BCUT2D eigenvalue weighted by molar-refractivity contribution is 5.72. The zero-order chi connectivity index (χ0) is 13.8. The van der Waals surface area contributed by atoms with E-state index in [0.717, 1.165) is 11.3 Å².